The van der Waals surface area contributed by atoms with Crippen LogP contribution >= 0.6 is 0 Å². The summed E-state index contributed by atoms with van der Waals surface area (Å²) < 4.78 is 0. The van der Waals surface area contributed by atoms with E-state index in [1.165, 1.54) is 18.4 Å². The summed E-state index contributed by atoms with van der Waals surface area (Å²) >= 11 is 0. The normalized spacial score (nSPS) is 23.8. The molecule has 0 bridgehead atoms. The Morgan fingerprint density at radius 2 is 1.83 bits per heavy atom. The summed E-state index contributed by atoms with van der Waals surface area (Å²) in [4.78, 5) is 2.47. The van der Waals surface area contributed by atoms with Gasteiger partial charge in [-0.3, -0.25) is 0 Å². The third kappa shape index (κ3) is 3.58. The van der Waals surface area contributed by atoms with Crippen LogP contribution in [0.15, 0.2) is 30.3 Å². The molecule has 1 aromatic rings. The highest BCUT2D eigenvalue weighted by molar-refractivity contribution is 5.14. The Morgan fingerprint density at radius 1 is 1.17 bits per heavy atom. The standard InChI is InChI=1S/C16H22N2/c1-18(12-11-14-5-3-2-4-6-14)16-9-7-15(13-17)8-10-16/h2-6,15-16H,7-12H2,1H3. The van der Waals surface area contributed by atoms with Crippen LogP contribution in [-0.4, -0.2) is 24.5 Å². The first kappa shape index (κ1) is 13.1. The molecule has 1 fully saturated rings. The zero-order chi connectivity index (χ0) is 12.8. The Kier molecular flexibility index (Phi) is 4.78. The molecule has 0 unspecified atom stereocenters. The molecule has 0 saturated heterocycles. The van der Waals surface area contributed by atoms with Crippen molar-refractivity contribution in [2.45, 2.75) is 38.1 Å². The topological polar surface area (TPSA) is 27.0 Å². The minimum absolute atomic E-state index is 0.309. The molecule has 0 radical (unpaired) electrons. The van der Waals surface area contributed by atoms with E-state index in [0.29, 0.717) is 12.0 Å². The first-order chi connectivity index (χ1) is 8.79. The van der Waals surface area contributed by atoms with Gasteiger partial charge in [0.1, 0.15) is 0 Å². The largest absolute Gasteiger partial charge is 0.303 e. The Labute approximate surface area is 110 Å². The number of nitriles is 1. The van der Waals surface area contributed by atoms with Crippen molar-refractivity contribution in [3.05, 3.63) is 35.9 Å². The first-order valence-electron chi connectivity index (χ1n) is 6.93. The SMILES string of the molecule is CN(CCc1ccccc1)C1CCC(C#N)CC1. The predicted molar refractivity (Wildman–Crippen MR) is 74.1 cm³/mol. The van der Waals surface area contributed by atoms with Crippen molar-refractivity contribution in [3.8, 4) is 6.07 Å². The summed E-state index contributed by atoms with van der Waals surface area (Å²) in [6, 6.07) is 13.7. The van der Waals surface area contributed by atoms with Gasteiger partial charge in [0, 0.05) is 18.5 Å². The van der Waals surface area contributed by atoms with Crippen LogP contribution in [0.3, 0.4) is 0 Å². The molecule has 1 aliphatic rings. The van der Waals surface area contributed by atoms with Gasteiger partial charge in [0.05, 0.1) is 6.07 Å². The summed E-state index contributed by atoms with van der Waals surface area (Å²) in [5.41, 5.74) is 1.41. The Balaban J connectivity index is 1.76. The van der Waals surface area contributed by atoms with Gasteiger partial charge in [0.2, 0.25) is 0 Å². The van der Waals surface area contributed by atoms with E-state index in [4.69, 9.17) is 5.26 Å². The maximum absolute atomic E-state index is 8.90. The van der Waals surface area contributed by atoms with Gasteiger partial charge >= 0.3 is 0 Å². The van der Waals surface area contributed by atoms with E-state index >= 15 is 0 Å². The molecule has 1 aliphatic carbocycles. The quantitative estimate of drug-likeness (QED) is 0.810. The van der Waals surface area contributed by atoms with Gasteiger partial charge < -0.3 is 4.90 Å². The molecule has 1 aromatic carbocycles. The summed E-state index contributed by atoms with van der Waals surface area (Å²) in [5.74, 6) is 0.309. The first-order valence-corrected chi connectivity index (χ1v) is 6.93. The van der Waals surface area contributed by atoms with Crippen molar-refractivity contribution >= 4 is 0 Å². The van der Waals surface area contributed by atoms with Crippen LogP contribution in [0.2, 0.25) is 0 Å². The Hall–Kier alpha value is -1.33. The van der Waals surface area contributed by atoms with E-state index in [1.54, 1.807) is 0 Å². The molecule has 0 atom stereocenters. The average Bonchev–Trinajstić information content (AvgIpc) is 2.46. The van der Waals surface area contributed by atoms with E-state index in [2.05, 4.69) is 48.3 Å². The van der Waals surface area contributed by atoms with Crippen LogP contribution in [0.25, 0.3) is 0 Å². The van der Waals surface area contributed by atoms with Crippen LogP contribution < -0.4 is 0 Å². The van der Waals surface area contributed by atoms with Gasteiger partial charge in [-0.2, -0.15) is 5.26 Å². The van der Waals surface area contributed by atoms with Crippen LogP contribution in [0.1, 0.15) is 31.2 Å². The predicted octanol–water partition coefficient (Wildman–Crippen LogP) is 3.24. The monoisotopic (exact) mass is 242 g/mol. The number of hydrogen-bond donors (Lipinski definition) is 0. The van der Waals surface area contributed by atoms with Gasteiger partial charge in [-0.15, -0.1) is 0 Å². The van der Waals surface area contributed by atoms with Crippen molar-refractivity contribution < 1.29 is 0 Å². The highest BCUT2D eigenvalue weighted by atomic mass is 15.1. The number of benzene rings is 1. The summed E-state index contributed by atoms with van der Waals surface area (Å²) in [6.07, 6.45) is 5.65. The Bertz CT molecular complexity index is 385. The maximum atomic E-state index is 8.90. The number of rotatable bonds is 4. The lowest BCUT2D eigenvalue weighted by Crippen LogP contribution is -2.36. The van der Waals surface area contributed by atoms with Crippen molar-refractivity contribution in [2.24, 2.45) is 5.92 Å². The van der Waals surface area contributed by atoms with Crippen LogP contribution in [-0.2, 0) is 6.42 Å². The number of nitrogens with zero attached hydrogens (tertiary/aromatic N) is 2. The fraction of sp³-hybridized carbons (Fsp3) is 0.562. The summed E-state index contributed by atoms with van der Waals surface area (Å²) in [6.45, 7) is 1.12. The summed E-state index contributed by atoms with van der Waals surface area (Å²) in [7, 11) is 2.22. The van der Waals surface area contributed by atoms with Crippen molar-refractivity contribution in [1.29, 1.82) is 5.26 Å². The fourth-order valence-electron chi connectivity index (χ4n) is 2.78. The molecule has 18 heavy (non-hydrogen) atoms. The molecule has 1 saturated carbocycles. The van der Waals surface area contributed by atoms with E-state index in [1.807, 2.05) is 0 Å². The average molecular weight is 242 g/mol. The minimum Gasteiger partial charge on any atom is -0.303 e. The highest BCUT2D eigenvalue weighted by Crippen LogP contribution is 2.26. The zero-order valence-corrected chi connectivity index (χ0v) is 11.2. The fourth-order valence-corrected chi connectivity index (χ4v) is 2.78. The zero-order valence-electron chi connectivity index (χ0n) is 11.2. The van der Waals surface area contributed by atoms with Crippen molar-refractivity contribution in [2.75, 3.05) is 13.6 Å². The minimum atomic E-state index is 0.309. The molecule has 0 amide bonds. The lowest BCUT2D eigenvalue weighted by atomic mass is 9.86. The number of hydrogen-bond acceptors (Lipinski definition) is 2. The van der Waals surface area contributed by atoms with Gasteiger partial charge in [0.15, 0.2) is 0 Å². The molecule has 2 nitrogen and oxygen atoms in total. The van der Waals surface area contributed by atoms with E-state index in [9.17, 15) is 0 Å². The summed E-state index contributed by atoms with van der Waals surface area (Å²) in [5, 5.41) is 8.90. The third-order valence-electron chi connectivity index (χ3n) is 4.10. The van der Waals surface area contributed by atoms with Gasteiger partial charge in [-0.05, 0) is 44.7 Å². The molecule has 96 valence electrons. The third-order valence-corrected chi connectivity index (χ3v) is 4.10. The molecular formula is C16H22N2. The van der Waals surface area contributed by atoms with E-state index in [0.717, 1.165) is 25.8 Å². The van der Waals surface area contributed by atoms with Crippen LogP contribution in [0.5, 0.6) is 0 Å². The van der Waals surface area contributed by atoms with E-state index in [-0.39, 0.29) is 0 Å². The van der Waals surface area contributed by atoms with Gasteiger partial charge in [-0.25, -0.2) is 0 Å². The second-order valence-electron chi connectivity index (χ2n) is 5.35. The molecule has 0 heterocycles. The number of likely N-dealkylation sites (N-methyl/N-ethyl adjacent to an activating group) is 1. The van der Waals surface area contributed by atoms with Crippen molar-refractivity contribution in [1.82, 2.24) is 4.90 Å². The second-order valence-corrected chi connectivity index (χ2v) is 5.35. The van der Waals surface area contributed by atoms with Gasteiger partial charge in [-0.1, -0.05) is 30.3 Å². The van der Waals surface area contributed by atoms with Crippen molar-refractivity contribution in [3.63, 3.8) is 0 Å². The molecule has 2 rings (SSSR count). The lowest BCUT2D eigenvalue weighted by molar-refractivity contribution is 0.180. The van der Waals surface area contributed by atoms with Gasteiger partial charge in [0.25, 0.3) is 0 Å². The molecule has 0 N–H and O–H groups in total. The second kappa shape index (κ2) is 6.56. The maximum Gasteiger partial charge on any atom is 0.0655 e. The highest BCUT2D eigenvalue weighted by Gasteiger charge is 2.23. The van der Waals surface area contributed by atoms with E-state index < -0.39 is 0 Å². The lowest BCUT2D eigenvalue weighted by Gasteiger charge is -2.32. The molecule has 0 aromatic heterocycles. The van der Waals surface area contributed by atoms with Crippen LogP contribution in [0, 0.1) is 17.2 Å². The Morgan fingerprint density at radius 3 is 2.44 bits per heavy atom. The smallest absolute Gasteiger partial charge is 0.0655 e. The molecule has 0 aliphatic heterocycles. The molecule has 2 heteroatoms. The molecule has 0 spiro atoms. The molecular weight excluding hydrogens is 220 g/mol. The van der Waals surface area contributed by atoms with Crippen LogP contribution in [0.4, 0.5) is 0 Å².